The van der Waals surface area contributed by atoms with Crippen LogP contribution in [0.5, 0.6) is 17.2 Å². The number of carbonyl (C=O) groups excluding carboxylic acids is 1. The average Bonchev–Trinajstić information content (AvgIpc) is 2.84. The van der Waals surface area contributed by atoms with Crippen LogP contribution in [0.15, 0.2) is 59.5 Å². The zero-order valence-electron chi connectivity index (χ0n) is 19.3. The molecule has 0 aliphatic heterocycles. The molecule has 4 rings (SSSR count). The van der Waals surface area contributed by atoms with Crippen LogP contribution in [0.4, 0.5) is 5.69 Å². The molecule has 0 saturated heterocycles. The van der Waals surface area contributed by atoms with Gasteiger partial charge in [0.1, 0.15) is 5.82 Å². The molecule has 4 aromatic rings. The molecule has 174 valence electrons. The predicted octanol–water partition coefficient (Wildman–Crippen LogP) is 3.30. The van der Waals surface area contributed by atoms with Crippen molar-refractivity contribution in [1.82, 2.24) is 14.5 Å². The first-order chi connectivity index (χ1) is 16.4. The van der Waals surface area contributed by atoms with Crippen LogP contribution in [-0.4, -0.2) is 41.8 Å². The van der Waals surface area contributed by atoms with E-state index in [4.69, 9.17) is 14.2 Å². The molecule has 0 spiro atoms. The number of carbonyl (C=O) groups is 1. The van der Waals surface area contributed by atoms with E-state index in [9.17, 15) is 9.59 Å². The number of aromatic nitrogens is 3. The first-order valence-electron chi connectivity index (χ1n) is 10.5. The molecule has 34 heavy (non-hydrogen) atoms. The van der Waals surface area contributed by atoms with E-state index in [1.165, 1.54) is 25.9 Å². The van der Waals surface area contributed by atoms with E-state index in [1.54, 1.807) is 61.7 Å². The van der Waals surface area contributed by atoms with Gasteiger partial charge < -0.3 is 19.5 Å². The molecule has 1 N–H and O–H groups in total. The number of ether oxygens (including phenoxy) is 3. The number of aryl methyl sites for hydroxylation is 1. The number of hydrogen-bond acceptors (Lipinski definition) is 7. The molecule has 0 radical (unpaired) electrons. The lowest BCUT2D eigenvalue weighted by Gasteiger charge is -2.14. The molecular weight excluding hydrogens is 436 g/mol. The van der Waals surface area contributed by atoms with Gasteiger partial charge in [0.15, 0.2) is 17.0 Å². The first kappa shape index (κ1) is 22.8. The second kappa shape index (κ2) is 9.62. The molecule has 0 atom stereocenters. The molecule has 9 heteroatoms. The van der Waals surface area contributed by atoms with Crippen LogP contribution in [0.3, 0.4) is 0 Å². The van der Waals surface area contributed by atoms with Crippen LogP contribution in [0.25, 0.3) is 16.7 Å². The Morgan fingerprint density at radius 3 is 2.29 bits per heavy atom. The van der Waals surface area contributed by atoms with Gasteiger partial charge in [-0.3, -0.25) is 14.2 Å². The van der Waals surface area contributed by atoms with Crippen molar-refractivity contribution in [3.8, 4) is 22.9 Å². The third-order valence-electron chi connectivity index (χ3n) is 5.30. The lowest BCUT2D eigenvalue weighted by atomic mass is 10.1. The highest BCUT2D eigenvalue weighted by atomic mass is 16.5. The minimum absolute atomic E-state index is 0.108. The minimum atomic E-state index is -0.248. The van der Waals surface area contributed by atoms with Gasteiger partial charge in [0, 0.05) is 11.9 Å². The van der Waals surface area contributed by atoms with E-state index in [1.807, 2.05) is 0 Å². The molecule has 0 unspecified atom stereocenters. The van der Waals surface area contributed by atoms with Crippen molar-refractivity contribution in [2.24, 2.45) is 0 Å². The summed E-state index contributed by atoms with van der Waals surface area (Å²) < 4.78 is 17.5. The molecule has 2 aromatic heterocycles. The van der Waals surface area contributed by atoms with Crippen LogP contribution < -0.4 is 25.1 Å². The average molecular weight is 460 g/mol. The molecule has 0 bridgehead atoms. The van der Waals surface area contributed by atoms with Gasteiger partial charge >= 0.3 is 0 Å². The second-order valence-electron chi connectivity index (χ2n) is 7.48. The summed E-state index contributed by atoms with van der Waals surface area (Å²) in [6.07, 6.45) is 1.68. The fourth-order valence-corrected chi connectivity index (χ4v) is 3.75. The number of fused-ring (bicyclic) bond motifs is 1. The normalized spacial score (nSPS) is 10.7. The lowest BCUT2D eigenvalue weighted by Crippen LogP contribution is -2.23. The van der Waals surface area contributed by atoms with Crippen molar-refractivity contribution in [2.75, 3.05) is 26.6 Å². The van der Waals surface area contributed by atoms with Gasteiger partial charge in [0.05, 0.1) is 39.0 Å². The number of anilines is 1. The summed E-state index contributed by atoms with van der Waals surface area (Å²) in [7, 11) is 4.57. The Morgan fingerprint density at radius 1 is 1.00 bits per heavy atom. The number of pyridine rings is 1. The van der Waals surface area contributed by atoms with Gasteiger partial charge in [0.25, 0.3) is 5.56 Å². The number of nitrogens with one attached hydrogen (secondary N) is 1. The monoisotopic (exact) mass is 460 g/mol. The van der Waals surface area contributed by atoms with Crippen molar-refractivity contribution in [2.45, 2.75) is 13.3 Å². The number of amides is 1. The van der Waals surface area contributed by atoms with Gasteiger partial charge in [-0.2, -0.15) is 0 Å². The van der Waals surface area contributed by atoms with Gasteiger partial charge in [0.2, 0.25) is 11.7 Å². The van der Waals surface area contributed by atoms with Crippen molar-refractivity contribution in [3.63, 3.8) is 0 Å². The predicted molar refractivity (Wildman–Crippen MR) is 128 cm³/mol. The van der Waals surface area contributed by atoms with E-state index in [0.29, 0.717) is 51.0 Å². The maximum atomic E-state index is 12.9. The number of hydrogen-bond donors (Lipinski definition) is 1. The van der Waals surface area contributed by atoms with Gasteiger partial charge in [-0.1, -0.05) is 0 Å². The molecule has 1 amide bonds. The van der Waals surface area contributed by atoms with Crippen molar-refractivity contribution >= 4 is 22.6 Å². The summed E-state index contributed by atoms with van der Waals surface area (Å²) in [5.74, 6) is 1.76. The summed E-state index contributed by atoms with van der Waals surface area (Å²) in [4.78, 5) is 34.2. The van der Waals surface area contributed by atoms with Crippen molar-refractivity contribution in [1.29, 1.82) is 0 Å². The maximum Gasteiger partial charge on any atom is 0.284 e. The largest absolute Gasteiger partial charge is 0.493 e. The molecule has 0 aliphatic rings. The Hall–Kier alpha value is -4.40. The summed E-state index contributed by atoms with van der Waals surface area (Å²) >= 11 is 0. The highest BCUT2D eigenvalue weighted by Crippen LogP contribution is 2.38. The third kappa shape index (κ3) is 4.40. The molecule has 0 fully saturated rings. The molecular formula is C25H24N4O5. The van der Waals surface area contributed by atoms with Crippen LogP contribution in [0.1, 0.15) is 11.4 Å². The van der Waals surface area contributed by atoms with Crippen LogP contribution in [-0.2, 0) is 11.2 Å². The second-order valence-corrected chi connectivity index (χ2v) is 7.48. The fourth-order valence-electron chi connectivity index (χ4n) is 3.75. The smallest absolute Gasteiger partial charge is 0.284 e. The molecule has 0 aliphatic carbocycles. The summed E-state index contributed by atoms with van der Waals surface area (Å²) in [6.45, 7) is 1.76. The van der Waals surface area contributed by atoms with Crippen molar-refractivity contribution in [3.05, 3.63) is 76.5 Å². The number of nitrogens with zero attached hydrogens (tertiary/aromatic N) is 3. The lowest BCUT2D eigenvalue weighted by molar-refractivity contribution is -0.115. The van der Waals surface area contributed by atoms with Crippen molar-refractivity contribution < 1.29 is 19.0 Å². The van der Waals surface area contributed by atoms with E-state index >= 15 is 0 Å². The topological polar surface area (TPSA) is 105 Å². The Balaban J connectivity index is 1.53. The standard InChI is InChI=1S/C25H24N4O5/c1-15-27-19-6-5-11-26-23(19)25(31)29(15)18-9-7-17(8-10-18)28-22(30)14-16-12-20(32-2)24(34-4)21(13-16)33-3/h5-13H,14H2,1-4H3,(H,28,30). The van der Waals surface area contributed by atoms with Crippen LogP contribution in [0.2, 0.25) is 0 Å². The summed E-state index contributed by atoms with van der Waals surface area (Å²) in [6, 6.07) is 13.9. The Morgan fingerprint density at radius 2 is 1.68 bits per heavy atom. The Bertz CT molecular complexity index is 1390. The number of methoxy groups -OCH3 is 3. The molecule has 9 nitrogen and oxygen atoms in total. The SMILES string of the molecule is COc1cc(CC(=O)Nc2ccc(-n3c(C)nc4cccnc4c3=O)cc2)cc(OC)c1OC. The maximum absolute atomic E-state index is 12.9. The van der Waals surface area contributed by atoms with Gasteiger partial charge in [-0.05, 0) is 61.0 Å². The first-order valence-corrected chi connectivity index (χ1v) is 10.5. The van der Waals surface area contributed by atoms with Gasteiger partial charge in [-0.25, -0.2) is 9.97 Å². The number of benzene rings is 2. The van der Waals surface area contributed by atoms with Crippen LogP contribution >= 0.6 is 0 Å². The zero-order chi connectivity index (χ0) is 24.2. The Kier molecular flexibility index (Phi) is 6.44. The fraction of sp³-hybridized carbons (Fsp3) is 0.200. The highest BCUT2D eigenvalue weighted by Gasteiger charge is 2.15. The minimum Gasteiger partial charge on any atom is -0.493 e. The van der Waals surface area contributed by atoms with E-state index in [-0.39, 0.29) is 17.9 Å². The molecule has 2 aromatic carbocycles. The molecule has 2 heterocycles. The van der Waals surface area contributed by atoms with E-state index in [2.05, 4.69) is 15.3 Å². The summed E-state index contributed by atoms with van der Waals surface area (Å²) in [5.41, 5.74) is 2.54. The van der Waals surface area contributed by atoms with Gasteiger partial charge in [-0.15, -0.1) is 0 Å². The Labute approximate surface area is 195 Å². The number of rotatable bonds is 7. The van der Waals surface area contributed by atoms with E-state index in [0.717, 1.165) is 0 Å². The van der Waals surface area contributed by atoms with Crippen LogP contribution in [0, 0.1) is 6.92 Å². The highest BCUT2D eigenvalue weighted by molar-refractivity contribution is 5.92. The zero-order valence-corrected chi connectivity index (χ0v) is 19.3. The molecule has 0 saturated carbocycles. The summed E-state index contributed by atoms with van der Waals surface area (Å²) in [5, 5.41) is 2.86. The third-order valence-corrected chi connectivity index (χ3v) is 5.30. The quantitative estimate of drug-likeness (QED) is 0.451. The van der Waals surface area contributed by atoms with E-state index < -0.39 is 0 Å².